The van der Waals surface area contributed by atoms with Crippen LogP contribution in [0.2, 0.25) is 0 Å². The fourth-order valence-corrected chi connectivity index (χ4v) is 2.82. The highest BCUT2D eigenvalue weighted by Crippen LogP contribution is 2.15. The van der Waals surface area contributed by atoms with Crippen LogP contribution in [0, 0.1) is 0 Å². The average Bonchev–Trinajstić information content (AvgIpc) is 3.05. The Labute approximate surface area is 115 Å². The number of rotatable bonds is 7. The number of hydrogen-bond donors (Lipinski definition) is 2. The first-order valence-corrected chi connectivity index (χ1v) is 7.19. The van der Waals surface area contributed by atoms with Gasteiger partial charge in [0, 0.05) is 13.2 Å². The van der Waals surface area contributed by atoms with Crippen LogP contribution < -0.4 is 5.32 Å². The van der Waals surface area contributed by atoms with Gasteiger partial charge >= 0.3 is 5.97 Å². The molecule has 0 spiro atoms. The molecule has 0 amide bonds. The van der Waals surface area contributed by atoms with E-state index < -0.39 is 12.0 Å². The standard InChI is InChI=1S/C13H17NO4S/c15-12(16)7-10(13(17)11-4-2-6-19-11)14-8-9-3-1-5-18-9/h2,4,6,9-10,14H,1,3,5,7-8H2,(H,15,16). The summed E-state index contributed by atoms with van der Waals surface area (Å²) in [7, 11) is 0. The summed E-state index contributed by atoms with van der Waals surface area (Å²) in [5, 5.41) is 13.7. The number of Topliss-reactive ketones (excluding diaryl/α,β-unsaturated/α-hetero) is 1. The van der Waals surface area contributed by atoms with E-state index in [1.54, 1.807) is 12.1 Å². The Morgan fingerprint density at radius 3 is 3.00 bits per heavy atom. The molecule has 5 nitrogen and oxygen atoms in total. The molecule has 0 aromatic carbocycles. The van der Waals surface area contributed by atoms with Crippen molar-refractivity contribution in [3.8, 4) is 0 Å². The maximum atomic E-state index is 12.2. The molecule has 2 N–H and O–H groups in total. The maximum Gasteiger partial charge on any atom is 0.305 e. The van der Waals surface area contributed by atoms with Crippen LogP contribution in [-0.2, 0) is 9.53 Å². The largest absolute Gasteiger partial charge is 0.481 e. The van der Waals surface area contributed by atoms with Gasteiger partial charge in [-0.25, -0.2) is 0 Å². The average molecular weight is 283 g/mol. The Bertz CT molecular complexity index is 426. The van der Waals surface area contributed by atoms with Crippen LogP contribution in [0.15, 0.2) is 17.5 Å². The number of ether oxygens (including phenoxy) is 1. The third-order valence-corrected chi connectivity index (χ3v) is 3.96. The predicted octanol–water partition coefficient (Wildman–Crippen LogP) is 1.54. The molecular formula is C13H17NO4S. The Kier molecular flexibility index (Phi) is 5.07. The molecule has 0 radical (unpaired) electrons. The van der Waals surface area contributed by atoms with Crippen molar-refractivity contribution < 1.29 is 19.4 Å². The minimum absolute atomic E-state index is 0.0902. The zero-order valence-corrected chi connectivity index (χ0v) is 11.3. The summed E-state index contributed by atoms with van der Waals surface area (Å²) in [6.07, 6.45) is 1.87. The van der Waals surface area contributed by atoms with Crippen molar-refractivity contribution in [2.45, 2.75) is 31.4 Å². The van der Waals surface area contributed by atoms with Crippen molar-refractivity contribution in [3.05, 3.63) is 22.4 Å². The molecule has 1 aromatic heterocycles. The number of carbonyl (C=O) groups is 2. The van der Waals surface area contributed by atoms with Crippen molar-refractivity contribution in [2.24, 2.45) is 0 Å². The highest BCUT2D eigenvalue weighted by Gasteiger charge is 2.25. The second-order valence-electron chi connectivity index (χ2n) is 4.54. The number of hydrogen-bond acceptors (Lipinski definition) is 5. The number of ketones is 1. The SMILES string of the molecule is O=C(O)CC(NCC1CCCO1)C(=O)c1cccs1. The summed E-state index contributed by atoms with van der Waals surface area (Å²) in [4.78, 5) is 23.6. The molecule has 104 valence electrons. The molecule has 0 aliphatic carbocycles. The van der Waals surface area contributed by atoms with E-state index in [9.17, 15) is 9.59 Å². The van der Waals surface area contributed by atoms with Gasteiger partial charge in [0.25, 0.3) is 0 Å². The summed E-state index contributed by atoms with van der Waals surface area (Å²) in [6, 6.07) is 2.83. The second-order valence-corrected chi connectivity index (χ2v) is 5.48. The molecule has 1 aliphatic heterocycles. The van der Waals surface area contributed by atoms with Gasteiger partial charge in [0.05, 0.1) is 23.4 Å². The summed E-state index contributed by atoms with van der Waals surface area (Å²) in [5.74, 6) is -1.13. The number of carbonyl (C=O) groups excluding carboxylic acids is 1. The maximum absolute atomic E-state index is 12.2. The molecule has 2 rings (SSSR count). The summed E-state index contributed by atoms with van der Waals surface area (Å²) in [5.41, 5.74) is 0. The van der Waals surface area contributed by atoms with Gasteiger partial charge in [-0.2, -0.15) is 0 Å². The molecule has 1 aromatic rings. The van der Waals surface area contributed by atoms with Gasteiger partial charge in [-0.3, -0.25) is 9.59 Å². The highest BCUT2D eigenvalue weighted by molar-refractivity contribution is 7.12. The number of nitrogens with one attached hydrogen (secondary N) is 1. The third-order valence-electron chi connectivity index (χ3n) is 3.08. The van der Waals surface area contributed by atoms with Gasteiger partial charge in [-0.15, -0.1) is 11.3 Å². The fraction of sp³-hybridized carbons (Fsp3) is 0.538. The van der Waals surface area contributed by atoms with Gasteiger partial charge < -0.3 is 15.2 Å². The first-order chi connectivity index (χ1) is 9.16. The van der Waals surface area contributed by atoms with Gasteiger partial charge in [0.2, 0.25) is 0 Å². The lowest BCUT2D eigenvalue weighted by molar-refractivity contribution is -0.137. The molecule has 1 saturated heterocycles. The van der Waals surface area contributed by atoms with Crippen LogP contribution >= 0.6 is 11.3 Å². The van der Waals surface area contributed by atoms with Gasteiger partial charge in [0.15, 0.2) is 5.78 Å². The monoisotopic (exact) mass is 283 g/mol. The molecule has 0 bridgehead atoms. The molecular weight excluding hydrogens is 266 g/mol. The summed E-state index contributed by atoms with van der Waals surface area (Å²) < 4.78 is 5.46. The zero-order chi connectivity index (χ0) is 13.7. The van der Waals surface area contributed by atoms with Crippen molar-refractivity contribution >= 4 is 23.1 Å². The number of carboxylic acids is 1. The van der Waals surface area contributed by atoms with E-state index in [1.165, 1.54) is 11.3 Å². The summed E-state index contributed by atoms with van der Waals surface area (Å²) >= 11 is 1.33. The van der Waals surface area contributed by atoms with E-state index in [-0.39, 0.29) is 18.3 Å². The second kappa shape index (κ2) is 6.79. The first kappa shape index (κ1) is 14.2. The zero-order valence-electron chi connectivity index (χ0n) is 10.5. The van der Waals surface area contributed by atoms with Crippen LogP contribution in [0.25, 0.3) is 0 Å². The Balaban J connectivity index is 1.94. The molecule has 2 unspecified atom stereocenters. The van der Waals surface area contributed by atoms with Crippen LogP contribution in [0.5, 0.6) is 0 Å². The minimum Gasteiger partial charge on any atom is -0.481 e. The topological polar surface area (TPSA) is 75.6 Å². The number of aliphatic carboxylic acids is 1. The highest BCUT2D eigenvalue weighted by atomic mass is 32.1. The van der Waals surface area contributed by atoms with Gasteiger partial charge in [-0.05, 0) is 24.3 Å². The number of carboxylic acid groups (broad SMARTS) is 1. The molecule has 1 aliphatic rings. The Morgan fingerprint density at radius 1 is 1.58 bits per heavy atom. The molecule has 2 heterocycles. The van der Waals surface area contributed by atoms with Crippen molar-refractivity contribution in [3.63, 3.8) is 0 Å². The summed E-state index contributed by atoms with van der Waals surface area (Å²) in [6.45, 7) is 1.27. The van der Waals surface area contributed by atoms with E-state index in [4.69, 9.17) is 9.84 Å². The molecule has 2 atom stereocenters. The van der Waals surface area contributed by atoms with E-state index in [0.29, 0.717) is 11.4 Å². The van der Waals surface area contributed by atoms with Crippen molar-refractivity contribution in [1.29, 1.82) is 0 Å². The molecule has 0 saturated carbocycles. The van der Waals surface area contributed by atoms with E-state index in [1.807, 2.05) is 5.38 Å². The van der Waals surface area contributed by atoms with Gasteiger partial charge in [-0.1, -0.05) is 6.07 Å². The van der Waals surface area contributed by atoms with E-state index >= 15 is 0 Å². The molecule has 19 heavy (non-hydrogen) atoms. The molecule has 1 fully saturated rings. The predicted molar refractivity (Wildman–Crippen MR) is 71.7 cm³/mol. The van der Waals surface area contributed by atoms with Crippen molar-refractivity contribution in [1.82, 2.24) is 5.32 Å². The van der Waals surface area contributed by atoms with Crippen LogP contribution in [0.3, 0.4) is 0 Å². The van der Waals surface area contributed by atoms with Gasteiger partial charge in [0.1, 0.15) is 0 Å². The minimum atomic E-state index is -0.977. The van der Waals surface area contributed by atoms with E-state index in [0.717, 1.165) is 19.4 Å². The van der Waals surface area contributed by atoms with Crippen LogP contribution in [0.1, 0.15) is 28.9 Å². The lowest BCUT2D eigenvalue weighted by atomic mass is 10.1. The third kappa shape index (κ3) is 4.12. The van der Waals surface area contributed by atoms with Crippen LogP contribution in [-0.4, -0.2) is 42.2 Å². The Hall–Kier alpha value is -1.24. The Morgan fingerprint density at radius 2 is 2.42 bits per heavy atom. The van der Waals surface area contributed by atoms with Crippen molar-refractivity contribution in [2.75, 3.05) is 13.2 Å². The number of thiophene rings is 1. The normalized spacial score (nSPS) is 20.3. The smallest absolute Gasteiger partial charge is 0.305 e. The quantitative estimate of drug-likeness (QED) is 0.742. The van der Waals surface area contributed by atoms with E-state index in [2.05, 4.69) is 5.32 Å². The van der Waals surface area contributed by atoms with Crippen LogP contribution in [0.4, 0.5) is 0 Å². The fourth-order valence-electron chi connectivity index (χ4n) is 2.10. The first-order valence-electron chi connectivity index (χ1n) is 6.31. The lowest BCUT2D eigenvalue weighted by Gasteiger charge is -2.17. The molecule has 6 heteroatoms. The lowest BCUT2D eigenvalue weighted by Crippen LogP contribution is -2.42.